The quantitative estimate of drug-likeness (QED) is 0.825. The fraction of sp³-hybridized carbons (Fsp3) is 0.455. The zero-order chi connectivity index (χ0) is 18.8. The predicted octanol–water partition coefficient (Wildman–Crippen LogP) is 2.82. The summed E-state index contributed by atoms with van der Waals surface area (Å²) in [6.45, 7) is 0. The lowest BCUT2D eigenvalue weighted by atomic mass is 9.75. The van der Waals surface area contributed by atoms with E-state index < -0.39 is 0 Å². The number of fused-ring (bicyclic) bond motifs is 1. The van der Waals surface area contributed by atoms with Crippen LogP contribution in [0.25, 0.3) is 0 Å². The van der Waals surface area contributed by atoms with Crippen molar-refractivity contribution >= 4 is 5.91 Å². The van der Waals surface area contributed by atoms with Gasteiger partial charge in [-0.1, -0.05) is 24.3 Å². The van der Waals surface area contributed by atoms with Gasteiger partial charge >= 0.3 is 0 Å². The van der Waals surface area contributed by atoms with Gasteiger partial charge in [-0.05, 0) is 60.3 Å². The van der Waals surface area contributed by atoms with Crippen LogP contribution < -0.4 is 10.1 Å². The second kappa shape index (κ2) is 7.69. The number of rotatable bonds is 6. The van der Waals surface area contributed by atoms with Crippen LogP contribution in [0.2, 0.25) is 0 Å². The van der Waals surface area contributed by atoms with Gasteiger partial charge in [-0.2, -0.15) is 0 Å². The van der Waals surface area contributed by atoms with Crippen molar-refractivity contribution in [2.75, 3.05) is 7.11 Å². The van der Waals surface area contributed by atoms with Crippen molar-refractivity contribution in [3.8, 4) is 5.75 Å². The average Bonchev–Trinajstić information content (AvgIpc) is 3.06. The first-order valence-electron chi connectivity index (χ1n) is 9.65. The van der Waals surface area contributed by atoms with E-state index in [-0.39, 0.29) is 24.0 Å². The Labute approximate surface area is 159 Å². The van der Waals surface area contributed by atoms with Crippen LogP contribution in [0.5, 0.6) is 5.75 Å². The van der Waals surface area contributed by atoms with Gasteiger partial charge in [0.15, 0.2) is 0 Å². The summed E-state index contributed by atoms with van der Waals surface area (Å²) in [5, 5.41) is 12.9. The van der Waals surface area contributed by atoms with Gasteiger partial charge in [0.2, 0.25) is 5.91 Å². The monoisotopic (exact) mass is 366 g/mol. The molecule has 1 atom stereocenters. The highest BCUT2D eigenvalue weighted by molar-refractivity contribution is 5.77. The highest BCUT2D eigenvalue weighted by Gasteiger charge is 2.36. The molecule has 0 radical (unpaired) electrons. The Morgan fingerprint density at radius 3 is 2.59 bits per heavy atom. The Morgan fingerprint density at radius 1 is 1.26 bits per heavy atom. The summed E-state index contributed by atoms with van der Waals surface area (Å²) >= 11 is 0. The van der Waals surface area contributed by atoms with Gasteiger partial charge in [0.1, 0.15) is 5.75 Å². The lowest BCUT2D eigenvalue weighted by Crippen LogP contribution is -2.41. The van der Waals surface area contributed by atoms with E-state index >= 15 is 0 Å². The maximum Gasteiger partial charge on any atom is 0.220 e. The van der Waals surface area contributed by atoms with E-state index in [0.717, 1.165) is 18.4 Å². The first kappa shape index (κ1) is 18.0. The largest absolute Gasteiger partial charge is 0.495 e. The van der Waals surface area contributed by atoms with Crippen molar-refractivity contribution in [2.24, 2.45) is 11.8 Å². The number of carbonyl (C=O) groups excluding carboxylic acids is 1. The van der Waals surface area contributed by atoms with Gasteiger partial charge in [-0.25, -0.2) is 0 Å². The minimum absolute atomic E-state index is 0.0713. The van der Waals surface area contributed by atoms with E-state index in [4.69, 9.17) is 4.74 Å². The molecule has 2 aliphatic rings. The molecule has 142 valence electrons. The molecule has 0 spiro atoms. The lowest BCUT2D eigenvalue weighted by Gasteiger charge is -2.38. The Balaban J connectivity index is 1.43. The summed E-state index contributed by atoms with van der Waals surface area (Å²) in [4.78, 5) is 17.0. The summed E-state index contributed by atoms with van der Waals surface area (Å²) in [5.41, 5.74) is 3.67. The van der Waals surface area contributed by atoms with Crippen molar-refractivity contribution in [2.45, 2.75) is 44.2 Å². The zero-order valence-corrected chi connectivity index (χ0v) is 15.6. The number of hydrogen-bond acceptors (Lipinski definition) is 4. The molecule has 0 aliphatic heterocycles. The molecule has 1 heterocycles. The van der Waals surface area contributed by atoms with E-state index in [1.807, 2.05) is 6.07 Å². The Hall–Kier alpha value is -2.40. The first-order valence-corrected chi connectivity index (χ1v) is 9.65. The van der Waals surface area contributed by atoms with Gasteiger partial charge in [0.25, 0.3) is 0 Å². The fourth-order valence-electron chi connectivity index (χ4n) is 4.38. The third kappa shape index (κ3) is 3.98. The van der Waals surface area contributed by atoms with Crippen LogP contribution in [0.3, 0.4) is 0 Å². The summed E-state index contributed by atoms with van der Waals surface area (Å²) in [5.74, 6) is 1.34. The smallest absolute Gasteiger partial charge is 0.220 e. The average molecular weight is 366 g/mol. The zero-order valence-electron chi connectivity index (χ0n) is 15.6. The Bertz CT molecular complexity index is 792. The van der Waals surface area contributed by atoms with Crippen molar-refractivity contribution < 1.29 is 14.6 Å². The minimum Gasteiger partial charge on any atom is -0.495 e. The molecule has 2 N–H and O–H groups in total. The predicted molar refractivity (Wildman–Crippen MR) is 102 cm³/mol. The summed E-state index contributed by atoms with van der Waals surface area (Å²) in [6, 6.07) is 10.2. The number of nitrogens with one attached hydrogen (secondary N) is 1. The third-order valence-corrected chi connectivity index (χ3v) is 5.88. The number of ether oxygens (including phenoxy) is 1. The van der Waals surface area contributed by atoms with Gasteiger partial charge in [0, 0.05) is 12.6 Å². The molecule has 1 amide bonds. The molecule has 5 heteroatoms. The number of hydrogen-bond donors (Lipinski definition) is 2. The molecule has 5 nitrogen and oxygen atoms in total. The number of methoxy groups -OCH3 is 1. The Morgan fingerprint density at radius 2 is 1.96 bits per heavy atom. The molecule has 0 saturated heterocycles. The lowest BCUT2D eigenvalue weighted by molar-refractivity contribution is -0.123. The van der Waals surface area contributed by atoms with E-state index in [2.05, 4.69) is 34.6 Å². The van der Waals surface area contributed by atoms with E-state index in [0.29, 0.717) is 30.9 Å². The van der Waals surface area contributed by atoms with Crippen molar-refractivity contribution in [3.05, 3.63) is 59.4 Å². The summed E-state index contributed by atoms with van der Waals surface area (Å²) < 4.78 is 5.28. The van der Waals surface area contributed by atoms with Crippen LogP contribution in [0.1, 0.15) is 42.0 Å². The first-order chi connectivity index (χ1) is 13.1. The van der Waals surface area contributed by atoms with Crippen molar-refractivity contribution in [1.82, 2.24) is 10.3 Å². The normalized spacial score (nSPS) is 22.6. The molecule has 1 fully saturated rings. The number of nitrogens with zero attached hydrogens (tertiary/aromatic N) is 1. The highest BCUT2D eigenvalue weighted by Crippen LogP contribution is 2.39. The number of aliphatic hydroxyl groups excluding tert-OH is 1. The maximum atomic E-state index is 12.8. The molecule has 0 unspecified atom stereocenters. The van der Waals surface area contributed by atoms with E-state index in [1.165, 1.54) is 11.1 Å². The van der Waals surface area contributed by atoms with Gasteiger partial charge < -0.3 is 15.2 Å². The standard InChI is InChI=1S/C22H26N2O3/c1-27-20-11-18(12-23-13-20)22(17-9-19(25)10-17)24-21(26)8-14-6-15-4-2-3-5-16(15)7-14/h2-5,11-14,17,19,22,25H,6-10H2,1H3,(H,24,26)/t17?,19?,22-/m1/s1. The number of amides is 1. The van der Waals surface area contributed by atoms with Crippen LogP contribution in [-0.4, -0.2) is 29.2 Å². The van der Waals surface area contributed by atoms with E-state index in [1.54, 1.807) is 19.5 Å². The summed E-state index contributed by atoms with van der Waals surface area (Å²) in [7, 11) is 1.61. The Kier molecular flexibility index (Phi) is 5.12. The maximum absolute atomic E-state index is 12.8. The number of pyridine rings is 1. The molecular weight excluding hydrogens is 340 g/mol. The van der Waals surface area contributed by atoms with Crippen molar-refractivity contribution in [1.29, 1.82) is 0 Å². The van der Waals surface area contributed by atoms with Crippen LogP contribution >= 0.6 is 0 Å². The van der Waals surface area contributed by atoms with Crippen molar-refractivity contribution in [3.63, 3.8) is 0 Å². The second-order valence-electron chi connectivity index (χ2n) is 7.84. The van der Waals surface area contributed by atoms with Crippen LogP contribution in [0.4, 0.5) is 0 Å². The molecule has 1 saturated carbocycles. The van der Waals surface area contributed by atoms with Gasteiger partial charge in [-0.3, -0.25) is 9.78 Å². The second-order valence-corrected chi connectivity index (χ2v) is 7.84. The topological polar surface area (TPSA) is 71.5 Å². The van der Waals surface area contributed by atoms with Gasteiger partial charge in [0.05, 0.1) is 25.5 Å². The molecule has 27 heavy (non-hydrogen) atoms. The number of aliphatic hydroxyl groups is 1. The number of benzene rings is 1. The van der Waals surface area contributed by atoms with Crippen LogP contribution in [0.15, 0.2) is 42.7 Å². The molecule has 2 aliphatic carbocycles. The molecule has 1 aromatic heterocycles. The minimum atomic E-state index is -0.266. The molecule has 2 aromatic rings. The summed E-state index contributed by atoms with van der Waals surface area (Å²) in [6.07, 6.45) is 7.05. The molecule has 1 aromatic carbocycles. The highest BCUT2D eigenvalue weighted by atomic mass is 16.5. The number of carbonyl (C=O) groups is 1. The SMILES string of the molecule is COc1cncc([C@H](NC(=O)CC2Cc3ccccc3C2)C2CC(O)C2)c1. The molecule has 4 rings (SSSR count). The molecule has 0 bridgehead atoms. The van der Waals surface area contributed by atoms with Crippen LogP contribution in [-0.2, 0) is 17.6 Å². The van der Waals surface area contributed by atoms with Crippen LogP contribution in [0, 0.1) is 11.8 Å². The molecular formula is C22H26N2O3. The fourth-order valence-corrected chi connectivity index (χ4v) is 4.38. The van der Waals surface area contributed by atoms with E-state index in [9.17, 15) is 9.90 Å². The van der Waals surface area contributed by atoms with Gasteiger partial charge in [-0.15, -0.1) is 0 Å². The number of aromatic nitrogens is 1. The third-order valence-electron chi connectivity index (χ3n) is 5.88.